The standard InChI is InChI=1S/C25H29ClN2O/c1-17-6-5-7-18(2)23(17)13-10-20(14-15-29-4)19(3)24-16-27-25(28-24)21-8-11-22(26)12-9-21/h5-9,11-12,16,20H,3,10,13-15H2,1-2,4H3,(H,27,28). The van der Waals surface area contributed by atoms with Crippen LogP contribution in [0.15, 0.2) is 55.2 Å². The number of ether oxygens (including phenoxy) is 1. The third-order valence-electron chi connectivity index (χ3n) is 5.59. The zero-order valence-electron chi connectivity index (χ0n) is 17.5. The Morgan fingerprint density at radius 1 is 1.10 bits per heavy atom. The number of nitrogens with zero attached hydrogens (tertiary/aromatic N) is 1. The van der Waals surface area contributed by atoms with E-state index in [1.807, 2.05) is 30.5 Å². The Labute approximate surface area is 178 Å². The number of allylic oxidation sites excluding steroid dienone is 1. The van der Waals surface area contributed by atoms with Crippen LogP contribution in [0.1, 0.15) is 35.2 Å². The smallest absolute Gasteiger partial charge is 0.137 e. The van der Waals surface area contributed by atoms with Gasteiger partial charge in [0.2, 0.25) is 0 Å². The molecule has 0 aliphatic carbocycles. The van der Waals surface area contributed by atoms with Gasteiger partial charge in [0.1, 0.15) is 5.82 Å². The number of aromatic amines is 1. The van der Waals surface area contributed by atoms with Crippen LogP contribution in [0.2, 0.25) is 5.02 Å². The predicted octanol–water partition coefficient (Wildman–Crippen LogP) is 6.65. The summed E-state index contributed by atoms with van der Waals surface area (Å²) in [4.78, 5) is 7.99. The Bertz CT molecular complexity index is 939. The average Bonchev–Trinajstić information content (AvgIpc) is 3.20. The summed E-state index contributed by atoms with van der Waals surface area (Å²) < 4.78 is 5.36. The fraction of sp³-hybridized carbons (Fsp3) is 0.320. The molecule has 0 saturated carbocycles. The van der Waals surface area contributed by atoms with E-state index in [0.29, 0.717) is 12.5 Å². The first-order chi connectivity index (χ1) is 14.0. The van der Waals surface area contributed by atoms with E-state index < -0.39 is 0 Å². The normalized spacial score (nSPS) is 12.1. The fourth-order valence-electron chi connectivity index (χ4n) is 3.77. The van der Waals surface area contributed by atoms with Gasteiger partial charge in [0.05, 0.1) is 11.9 Å². The first kappa shape index (κ1) is 21.4. The summed E-state index contributed by atoms with van der Waals surface area (Å²) in [5.41, 5.74) is 7.23. The molecule has 3 aromatic rings. The first-order valence-corrected chi connectivity index (χ1v) is 10.4. The fourth-order valence-corrected chi connectivity index (χ4v) is 3.90. The summed E-state index contributed by atoms with van der Waals surface area (Å²) >= 11 is 6.00. The molecule has 1 heterocycles. The highest BCUT2D eigenvalue weighted by molar-refractivity contribution is 6.30. The lowest BCUT2D eigenvalue weighted by atomic mass is 9.87. The van der Waals surface area contributed by atoms with Crippen molar-refractivity contribution >= 4 is 17.2 Å². The monoisotopic (exact) mass is 408 g/mol. The van der Waals surface area contributed by atoms with Crippen LogP contribution in [0.5, 0.6) is 0 Å². The zero-order chi connectivity index (χ0) is 20.8. The number of H-pyrrole nitrogens is 1. The third-order valence-corrected chi connectivity index (χ3v) is 5.84. The van der Waals surface area contributed by atoms with E-state index in [-0.39, 0.29) is 0 Å². The minimum atomic E-state index is 0.326. The molecule has 1 atom stereocenters. The molecule has 0 amide bonds. The van der Waals surface area contributed by atoms with E-state index in [2.05, 4.69) is 48.6 Å². The quantitative estimate of drug-likeness (QED) is 0.430. The molecule has 0 radical (unpaired) electrons. The van der Waals surface area contributed by atoms with E-state index in [4.69, 9.17) is 16.3 Å². The molecule has 1 aromatic heterocycles. The van der Waals surface area contributed by atoms with Gasteiger partial charge in [0.25, 0.3) is 0 Å². The van der Waals surface area contributed by atoms with Gasteiger partial charge in [0, 0.05) is 24.3 Å². The van der Waals surface area contributed by atoms with Gasteiger partial charge in [-0.3, -0.25) is 0 Å². The molecule has 0 spiro atoms. The van der Waals surface area contributed by atoms with Crippen LogP contribution in [-0.2, 0) is 11.2 Å². The van der Waals surface area contributed by atoms with Crippen molar-refractivity contribution < 1.29 is 4.74 Å². The SMILES string of the molecule is C=C(c1cnc(-c2ccc(Cl)cc2)[nH]1)C(CCOC)CCc1c(C)cccc1C. The molecule has 3 nitrogen and oxygen atoms in total. The zero-order valence-corrected chi connectivity index (χ0v) is 18.2. The summed E-state index contributed by atoms with van der Waals surface area (Å²) in [7, 11) is 1.75. The molecular formula is C25H29ClN2O. The van der Waals surface area contributed by atoms with Gasteiger partial charge in [-0.25, -0.2) is 4.98 Å². The summed E-state index contributed by atoms with van der Waals surface area (Å²) in [6.45, 7) is 9.50. The third kappa shape index (κ3) is 5.37. The number of imidazole rings is 1. The predicted molar refractivity (Wildman–Crippen MR) is 122 cm³/mol. The average molecular weight is 409 g/mol. The van der Waals surface area contributed by atoms with Crippen molar-refractivity contribution in [1.29, 1.82) is 0 Å². The highest BCUT2D eigenvalue weighted by Crippen LogP contribution is 2.30. The van der Waals surface area contributed by atoms with Crippen LogP contribution in [0.3, 0.4) is 0 Å². The summed E-state index contributed by atoms with van der Waals surface area (Å²) in [6.07, 6.45) is 4.88. The number of aromatic nitrogens is 2. The molecule has 3 rings (SSSR count). The lowest BCUT2D eigenvalue weighted by Crippen LogP contribution is -2.09. The number of hydrogen-bond donors (Lipinski definition) is 1. The van der Waals surface area contributed by atoms with Gasteiger partial charge in [-0.15, -0.1) is 0 Å². The highest BCUT2D eigenvalue weighted by atomic mass is 35.5. The van der Waals surface area contributed by atoms with Gasteiger partial charge in [-0.1, -0.05) is 36.4 Å². The van der Waals surface area contributed by atoms with Gasteiger partial charge >= 0.3 is 0 Å². The van der Waals surface area contributed by atoms with Crippen LogP contribution >= 0.6 is 11.6 Å². The van der Waals surface area contributed by atoms with Gasteiger partial charge < -0.3 is 9.72 Å². The van der Waals surface area contributed by atoms with E-state index in [1.165, 1.54) is 16.7 Å². The van der Waals surface area contributed by atoms with Crippen molar-refractivity contribution in [3.63, 3.8) is 0 Å². The second kappa shape index (κ2) is 9.91. The largest absolute Gasteiger partial charge is 0.385 e. The lowest BCUT2D eigenvalue weighted by molar-refractivity contribution is 0.184. The number of nitrogens with one attached hydrogen (secondary N) is 1. The van der Waals surface area contributed by atoms with Crippen molar-refractivity contribution in [3.05, 3.63) is 82.6 Å². The molecule has 0 fully saturated rings. The van der Waals surface area contributed by atoms with Crippen LogP contribution in [-0.4, -0.2) is 23.7 Å². The van der Waals surface area contributed by atoms with Crippen molar-refractivity contribution in [2.24, 2.45) is 5.92 Å². The minimum Gasteiger partial charge on any atom is -0.385 e. The van der Waals surface area contributed by atoms with E-state index in [1.54, 1.807) is 7.11 Å². The van der Waals surface area contributed by atoms with Crippen LogP contribution in [0.25, 0.3) is 17.0 Å². The Balaban J connectivity index is 1.76. The Hall–Kier alpha value is -2.36. The van der Waals surface area contributed by atoms with Crippen LogP contribution in [0, 0.1) is 19.8 Å². The molecule has 1 unspecified atom stereocenters. The van der Waals surface area contributed by atoms with E-state index in [9.17, 15) is 0 Å². The van der Waals surface area contributed by atoms with Crippen molar-refractivity contribution in [3.8, 4) is 11.4 Å². The number of rotatable bonds is 9. The van der Waals surface area contributed by atoms with Gasteiger partial charge in [-0.2, -0.15) is 0 Å². The molecule has 29 heavy (non-hydrogen) atoms. The molecule has 0 bridgehead atoms. The number of hydrogen-bond acceptors (Lipinski definition) is 2. The van der Waals surface area contributed by atoms with Crippen LogP contribution in [0.4, 0.5) is 0 Å². The molecule has 4 heteroatoms. The maximum Gasteiger partial charge on any atom is 0.137 e. The topological polar surface area (TPSA) is 37.9 Å². The highest BCUT2D eigenvalue weighted by Gasteiger charge is 2.18. The number of aryl methyl sites for hydroxylation is 2. The van der Waals surface area contributed by atoms with Crippen molar-refractivity contribution in [2.45, 2.75) is 33.1 Å². The maximum atomic E-state index is 6.00. The Kier molecular flexibility index (Phi) is 7.29. The second-order valence-corrected chi connectivity index (χ2v) is 8.00. The number of methoxy groups -OCH3 is 1. The minimum absolute atomic E-state index is 0.326. The van der Waals surface area contributed by atoms with E-state index >= 15 is 0 Å². The Morgan fingerprint density at radius 3 is 2.45 bits per heavy atom. The van der Waals surface area contributed by atoms with Gasteiger partial charge in [-0.05, 0) is 85.6 Å². The summed E-state index contributed by atoms with van der Waals surface area (Å²) in [5, 5.41) is 0.719. The second-order valence-electron chi connectivity index (χ2n) is 7.57. The van der Waals surface area contributed by atoms with Gasteiger partial charge in [0.15, 0.2) is 0 Å². The molecule has 2 aromatic carbocycles. The van der Waals surface area contributed by atoms with Crippen molar-refractivity contribution in [1.82, 2.24) is 9.97 Å². The molecular weight excluding hydrogens is 380 g/mol. The van der Waals surface area contributed by atoms with Crippen LogP contribution < -0.4 is 0 Å². The van der Waals surface area contributed by atoms with Crippen molar-refractivity contribution in [2.75, 3.05) is 13.7 Å². The Morgan fingerprint density at radius 2 is 1.79 bits per heavy atom. The molecule has 1 N–H and O–H groups in total. The lowest BCUT2D eigenvalue weighted by Gasteiger charge is -2.20. The number of halogens is 1. The number of benzene rings is 2. The molecule has 0 aliphatic rings. The molecule has 0 aliphatic heterocycles. The van der Waals surface area contributed by atoms with E-state index in [0.717, 1.165) is 46.9 Å². The molecule has 152 valence electrons. The maximum absolute atomic E-state index is 6.00. The summed E-state index contributed by atoms with van der Waals surface area (Å²) in [6, 6.07) is 14.2. The molecule has 0 saturated heterocycles. The first-order valence-electron chi connectivity index (χ1n) is 10.0. The summed E-state index contributed by atoms with van der Waals surface area (Å²) in [5.74, 6) is 1.16.